The van der Waals surface area contributed by atoms with Crippen LogP contribution in [-0.2, 0) is 9.59 Å². The first-order valence-corrected chi connectivity index (χ1v) is 5.62. The molecule has 0 saturated heterocycles. The Balaban J connectivity index is 4.23. The number of carboxylic acids is 2. The van der Waals surface area contributed by atoms with Gasteiger partial charge in [0, 0.05) is 13.0 Å². The lowest BCUT2D eigenvalue weighted by Gasteiger charge is -2.23. The number of aliphatic hydroxyl groups is 4. The van der Waals surface area contributed by atoms with E-state index in [-0.39, 0.29) is 19.4 Å². The molecule has 0 spiro atoms. The molecule has 9 heteroatoms. The maximum Gasteiger partial charge on any atom is 0.320 e. The van der Waals surface area contributed by atoms with Crippen LogP contribution in [0, 0.1) is 0 Å². The number of carbonyl (C=O) groups is 2. The van der Waals surface area contributed by atoms with Gasteiger partial charge >= 0.3 is 11.9 Å². The number of carboxylic acid groups (broad SMARTS) is 2. The minimum atomic E-state index is -1.63. The summed E-state index contributed by atoms with van der Waals surface area (Å²) in [5, 5.41) is 56.0. The highest BCUT2D eigenvalue weighted by molar-refractivity contribution is 5.75. The first-order chi connectivity index (χ1) is 8.79. The lowest BCUT2D eigenvalue weighted by molar-refractivity contribution is -0.141. The molecule has 112 valence electrons. The quantitative estimate of drug-likeness (QED) is 0.220. The summed E-state index contributed by atoms with van der Waals surface area (Å²) in [4.78, 5) is 21.1. The van der Waals surface area contributed by atoms with Crippen LogP contribution in [0.1, 0.15) is 12.8 Å². The molecule has 0 heterocycles. The Morgan fingerprint density at radius 2 is 1.63 bits per heavy atom. The Morgan fingerprint density at radius 1 is 1.05 bits per heavy atom. The highest BCUT2D eigenvalue weighted by Crippen LogP contribution is 2.02. The monoisotopic (exact) mass is 281 g/mol. The van der Waals surface area contributed by atoms with E-state index in [0.717, 1.165) is 0 Å². The van der Waals surface area contributed by atoms with E-state index in [4.69, 9.17) is 20.4 Å². The predicted molar refractivity (Wildman–Crippen MR) is 61.4 cm³/mol. The fraction of sp³-hybridized carbons (Fsp3) is 0.800. The largest absolute Gasteiger partial charge is 0.481 e. The summed E-state index contributed by atoms with van der Waals surface area (Å²) < 4.78 is 0. The summed E-state index contributed by atoms with van der Waals surface area (Å²) in [7, 11) is 0. The average Bonchev–Trinajstić information content (AvgIpc) is 2.35. The van der Waals surface area contributed by atoms with E-state index in [1.54, 1.807) is 0 Å². The van der Waals surface area contributed by atoms with Crippen molar-refractivity contribution in [2.24, 2.45) is 0 Å². The predicted octanol–water partition coefficient (Wildman–Crippen LogP) is -3.03. The van der Waals surface area contributed by atoms with Gasteiger partial charge in [-0.2, -0.15) is 0 Å². The van der Waals surface area contributed by atoms with Gasteiger partial charge in [-0.25, -0.2) is 0 Å². The zero-order chi connectivity index (χ0) is 15.0. The van der Waals surface area contributed by atoms with Gasteiger partial charge in [0.25, 0.3) is 0 Å². The molecule has 0 aliphatic rings. The number of hydrogen-bond acceptors (Lipinski definition) is 7. The smallest absolute Gasteiger partial charge is 0.320 e. The van der Waals surface area contributed by atoms with Crippen molar-refractivity contribution >= 4 is 11.9 Å². The first-order valence-electron chi connectivity index (χ1n) is 5.62. The zero-order valence-corrected chi connectivity index (χ0v) is 10.1. The van der Waals surface area contributed by atoms with Crippen LogP contribution in [-0.4, -0.2) is 80.1 Å². The van der Waals surface area contributed by atoms with E-state index in [9.17, 15) is 19.8 Å². The normalized spacial score (nSPS) is 17.5. The highest BCUT2D eigenvalue weighted by atomic mass is 16.4. The van der Waals surface area contributed by atoms with E-state index >= 15 is 0 Å². The molecule has 0 aromatic rings. The second-order valence-electron chi connectivity index (χ2n) is 4.04. The number of rotatable bonds is 10. The summed E-state index contributed by atoms with van der Waals surface area (Å²) in [6.45, 7) is -1.12. The van der Waals surface area contributed by atoms with Crippen LogP contribution in [0.15, 0.2) is 0 Å². The van der Waals surface area contributed by atoms with Crippen LogP contribution in [0.3, 0.4) is 0 Å². The van der Waals surface area contributed by atoms with Crippen molar-refractivity contribution in [1.29, 1.82) is 0 Å². The number of nitrogens with one attached hydrogen (secondary N) is 1. The van der Waals surface area contributed by atoms with E-state index in [0.29, 0.717) is 0 Å². The molecular formula is C10H19NO8. The maximum absolute atomic E-state index is 10.8. The van der Waals surface area contributed by atoms with Gasteiger partial charge in [-0.05, 0) is 6.42 Å². The summed E-state index contributed by atoms with van der Waals surface area (Å²) in [6.07, 6.45) is -5.21. The standard InChI is InChI=1S/C10H19NO8/c12-4-7(14)9(17)6(13)3-11-5(10(18)19)1-2-8(15)16/h5-7,9,11-14,17H,1-4H2,(H,15,16)(H,18,19)/t5-,6?,7?,9?/m0/s1. The molecule has 0 amide bonds. The Kier molecular flexibility index (Phi) is 8.19. The summed E-state index contributed by atoms with van der Waals surface area (Å²) in [5.41, 5.74) is 0. The second kappa shape index (κ2) is 8.77. The molecule has 0 radical (unpaired) electrons. The number of aliphatic hydroxyl groups excluding tert-OH is 4. The van der Waals surface area contributed by atoms with E-state index in [1.807, 2.05) is 0 Å². The molecule has 3 unspecified atom stereocenters. The van der Waals surface area contributed by atoms with Gasteiger partial charge in [-0.15, -0.1) is 0 Å². The highest BCUT2D eigenvalue weighted by Gasteiger charge is 2.26. The van der Waals surface area contributed by atoms with Crippen molar-refractivity contribution in [3.05, 3.63) is 0 Å². The Hall–Kier alpha value is -1.26. The van der Waals surface area contributed by atoms with E-state index in [1.165, 1.54) is 0 Å². The lowest BCUT2D eigenvalue weighted by Crippen LogP contribution is -2.48. The van der Waals surface area contributed by atoms with Gasteiger partial charge in [0.05, 0.1) is 12.7 Å². The van der Waals surface area contributed by atoms with Gasteiger partial charge in [-0.1, -0.05) is 0 Å². The van der Waals surface area contributed by atoms with Crippen LogP contribution in [0.25, 0.3) is 0 Å². The Labute approximate surface area is 109 Å². The molecule has 0 aromatic carbocycles. The Bertz CT molecular complexity index is 297. The van der Waals surface area contributed by atoms with Crippen molar-refractivity contribution < 1.29 is 40.2 Å². The summed E-state index contributed by atoms with van der Waals surface area (Å²) >= 11 is 0. The molecule has 0 aliphatic carbocycles. The topological polar surface area (TPSA) is 168 Å². The van der Waals surface area contributed by atoms with Gasteiger partial charge in [0.15, 0.2) is 0 Å². The zero-order valence-electron chi connectivity index (χ0n) is 10.1. The molecule has 0 saturated carbocycles. The van der Waals surface area contributed by atoms with Crippen molar-refractivity contribution in [2.45, 2.75) is 37.2 Å². The maximum atomic E-state index is 10.8. The van der Waals surface area contributed by atoms with Gasteiger partial charge < -0.3 is 36.0 Å². The Morgan fingerprint density at radius 3 is 2.05 bits per heavy atom. The van der Waals surface area contributed by atoms with Crippen molar-refractivity contribution in [1.82, 2.24) is 5.32 Å². The average molecular weight is 281 g/mol. The molecular weight excluding hydrogens is 262 g/mol. The third-order valence-electron chi connectivity index (χ3n) is 2.49. The van der Waals surface area contributed by atoms with Gasteiger partial charge in [-0.3, -0.25) is 9.59 Å². The minimum absolute atomic E-state index is 0.184. The van der Waals surface area contributed by atoms with E-state index in [2.05, 4.69) is 5.32 Å². The fourth-order valence-electron chi connectivity index (χ4n) is 1.33. The summed E-state index contributed by atoms with van der Waals surface area (Å²) in [6, 6.07) is -1.19. The molecule has 4 atom stereocenters. The SMILES string of the molecule is O=C(O)CC[C@H](NCC(O)C(O)C(O)CO)C(=O)O. The second-order valence-corrected chi connectivity index (χ2v) is 4.04. The molecule has 0 aliphatic heterocycles. The lowest BCUT2D eigenvalue weighted by atomic mass is 10.1. The number of hydrogen-bond donors (Lipinski definition) is 7. The number of aliphatic carboxylic acids is 2. The molecule has 7 N–H and O–H groups in total. The molecule has 0 aromatic heterocycles. The molecule has 19 heavy (non-hydrogen) atoms. The van der Waals surface area contributed by atoms with E-state index < -0.39 is 42.9 Å². The van der Waals surface area contributed by atoms with Crippen molar-refractivity contribution in [3.63, 3.8) is 0 Å². The molecule has 0 bridgehead atoms. The fourth-order valence-corrected chi connectivity index (χ4v) is 1.33. The summed E-state index contributed by atoms with van der Waals surface area (Å²) in [5.74, 6) is -2.44. The van der Waals surface area contributed by atoms with Crippen LogP contribution < -0.4 is 5.32 Å². The van der Waals surface area contributed by atoms with Gasteiger partial charge in [0.1, 0.15) is 18.2 Å². The third-order valence-corrected chi connectivity index (χ3v) is 2.49. The van der Waals surface area contributed by atoms with Crippen molar-refractivity contribution in [2.75, 3.05) is 13.2 Å². The molecule has 0 rings (SSSR count). The van der Waals surface area contributed by atoms with Crippen LogP contribution in [0.4, 0.5) is 0 Å². The first kappa shape index (κ1) is 17.7. The molecule has 0 fully saturated rings. The van der Waals surface area contributed by atoms with Crippen LogP contribution in [0.2, 0.25) is 0 Å². The van der Waals surface area contributed by atoms with Crippen LogP contribution >= 0.6 is 0 Å². The minimum Gasteiger partial charge on any atom is -0.481 e. The van der Waals surface area contributed by atoms with Crippen molar-refractivity contribution in [3.8, 4) is 0 Å². The van der Waals surface area contributed by atoms with Crippen LogP contribution in [0.5, 0.6) is 0 Å². The van der Waals surface area contributed by atoms with Gasteiger partial charge in [0.2, 0.25) is 0 Å². The third kappa shape index (κ3) is 7.03. The molecule has 9 nitrogen and oxygen atoms in total.